The molecule has 3 aromatic rings. The monoisotopic (exact) mass is 780 g/mol. The second-order valence-corrected chi connectivity index (χ2v) is 17.8. The molecule has 57 heavy (non-hydrogen) atoms. The van der Waals surface area contributed by atoms with Crippen LogP contribution in [0.2, 0.25) is 0 Å². The minimum Gasteiger partial charge on any atom is -0.496 e. The molecule has 12 nitrogen and oxygen atoms in total. The van der Waals surface area contributed by atoms with Gasteiger partial charge in [0.2, 0.25) is 5.60 Å². The molecule has 0 radical (unpaired) electrons. The molecule has 2 N–H and O–H groups in total. The van der Waals surface area contributed by atoms with Crippen LogP contribution < -0.4 is 9.64 Å². The van der Waals surface area contributed by atoms with Crippen LogP contribution in [0.3, 0.4) is 0 Å². The summed E-state index contributed by atoms with van der Waals surface area (Å²) in [5, 5.41) is 14.4. The molecule has 2 saturated heterocycles. The van der Waals surface area contributed by atoms with Crippen LogP contribution in [0.15, 0.2) is 48.6 Å². The number of nitrogens with one attached hydrogen (secondary N) is 1. The number of rotatable bonds is 6. The third-order valence-corrected chi connectivity index (χ3v) is 15.1. The summed E-state index contributed by atoms with van der Waals surface area (Å²) in [6.07, 6.45) is 6.23. The molecule has 3 fully saturated rings. The first-order chi connectivity index (χ1) is 27.3. The van der Waals surface area contributed by atoms with E-state index in [1.807, 2.05) is 37.1 Å². The summed E-state index contributed by atoms with van der Waals surface area (Å²) in [5.74, 6) is -0.644. The number of likely N-dealkylation sites (N-methyl/N-ethyl adjacent to an activating group) is 1. The summed E-state index contributed by atoms with van der Waals surface area (Å²) in [4.78, 5) is 53.3. The summed E-state index contributed by atoms with van der Waals surface area (Å²) in [7, 11) is 6.27. The highest BCUT2D eigenvalue weighted by Gasteiger charge is 2.80. The number of anilines is 1. The van der Waals surface area contributed by atoms with Gasteiger partial charge in [-0.2, -0.15) is 0 Å². The molecule has 9 rings (SSSR count). The minimum absolute atomic E-state index is 0.179. The van der Waals surface area contributed by atoms with Crippen molar-refractivity contribution in [1.29, 1.82) is 0 Å². The predicted molar refractivity (Wildman–Crippen MR) is 214 cm³/mol. The Morgan fingerprint density at radius 2 is 1.77 bits per heavy atom. The van der Waals surface area contributed by atoms with Crippen molar-refractivity contribution in [3.8, 4) is 5.75 Å². The van der Waals surface area contributed by atoms with Crippen molar-refractivity contribution in [1.82, 2.24) is 14.8 Å². The number of H-pyrrole nitrogens is 1. The van der Waals surface area contributed by atoms with Gasteiger partial charge in [0, 0.05) is 90.9 Å². The van der Waals surface area contributed by atoms with E-state index in [9.17, 15) is 14.7 Å². The molecule has 6 aliphatic rings. The summed E-state index contributed by atoms with van der Waals surface area (Å²) >= 11 is 0. The average Bonchev–Trinajstić information content (AvgIpc) is 3.87. The second kappa shape index (κ2) is 13.3. The zero-order chi connectivity index (χ0) is 40.2. The zero-order valence-electron chi connectivity index (χ0n) is 34.2. The van der Waals surface area contributed by atoms with Crippen molar-refractivity contribution in [2.24, 2.45) is 17.3 Å². The van der Waals surface area contributed by atoms with Crippen LogP contribution in [0.5, 0.6) is 5.75 Å². The number of nitrogens with zero attached hydrogens (tertiary/aromatic N) is 3. The first-order valence-electron chi connectivity index (χ1n) is 20.6. The van der Waals surface area contributed by atoms with E-state index in [4.69, 9.17) is 18.9 Å². The molecule has 12 heteroatoms. The number of aromatic amines is 1. The SMILES string of the molecule is CC[C@@]12C=CCN3CC[C@]4(c5cc([C@]6(C(=O)OC)C[C@@H]7CC(C)CN(CCc8c6[nH]c6ccccc86)C7)c(OC)cc5N(C)[C@@H]4[C@@](O)(C(=O)OC)[C@@H]1OC(C)=O)[C@H]32. The van der Waals surface area contributed by atoms with E-state index >= 15 is 4.79 Å². The van der Waals surface area contributed by atoms with Crippen LogP contribution in [0.1, 0.15) is 68.8 Å². The molecule has 304 valence electrons. The number of fused-ring (bicyclic) bond motifs is 6. The molecule has 2 aromatic carbocycles. The molecule has 1 aromatic heterocycles. The lowest BCUT2D eigenvalue weighted by atomic mass is 9.47. The Kier molecular flexibility index (Phi) is 8.92. The number of methoxy groups -OCH3 is 3. The van der Waals surface area contributed by atoms with Crippen molar-refractivity contribution in [3.63, 3.8) is 0 Å². The predicted octanol–water partition coefficient (Wildman–Crippen LogP) is 4.49. The molecule has 0 amide bonds. The van der Waals surface area contributed by atoms with Crippen LogP contribution in [0.4, 0.5) is 5.69 Å². The van der Waals surface area contributed by atoms with Crippen LogP contribution in [-0.4, -0.2) is 123 Å². The van der Waals surface area contributed by atoms with Crippen LogP contribution >= 0.6 is 0 Å². The van der Waals surface area contributed by atoms with Gasteiger partial charge in [-0.05, 0) is 73.7 Å². The Bertz CT molecular complexity index is 2180. The Morgan fingerprint density at radius 1 is 1.00 bits per heavy atom. The normalized spacial score (nSPS) is 36.5. The number of benzene rings is 2. The average molecular weight is 781 g/mol. The maximum absolute atomic E-state index is 15.2. The summed E-state index contributed by atoms with van der Waals surface area (Å²) in [6, 6.07) is 11.3. The van der Waals surface area contributed by atoms with Crippen LogP contribution in [0.25, 0.3) is 10.9 Å². The van der Waals surface area contributed by atoms with Crippen molar-refractivity contribution < 1.29 is 38.4 Å². The highest BCUT2D eigenvalue weighted by molar-refractivity contribution is 5.95. The van der Waals surface area contributed by atoms with Gasteiger partial charge in [0.15, 0.2) is 6.10 Å². The van der Waals surface area contributed by atoms with Gasteiger partial charge >= 0.3 is 17.9 Å². The molecule has 1 aliphatic carbocycles. The van der Waals surface area contributed by atoms with Gasteiger partial charge in [-0.25, -0.2) is 4.79 Å². The van der Waals surface area contributed by atoms with Gasteiger partial charge in [-0.1, -0.05) is 44.2 Å². The first-order valence-corrected chi connectivity index (χ1v) is 20.6. The van der Waals surface area contributed by atoms with Gasteiger partial charge in [-0.3, -0.25) is 14.5 Å². The van der Waals surface area contributed by atoms with Gasteiger partial charge in [0.25, 0.3) is 0 Å². The lowest BCUT2D eigenvalue weighted by Gasteiger charge is -2.63. The van der Waals surface area contributed by atoms with Crippen LogP contribution in [0, 0.1) is 17.3 Å². The Hall–Kier alpha value is -4.39. The molecule has 2 bridgehead atoms. The van der Waals surface area contributed by atoms with Gasteiger partial charge in [-0.15, -0.1) is 0 Å². The highest BCUT2D eigenvalue weighted by atomic mass is 16.6. The molecule has 1 spiro atoms. The van der Waals surface area contributed by atoms with E-state index in [2.05, 4.69) is 52.1 Å². The van der Waals surface area contributed by atoms with E-state index in [1.165, 1.54) is 21.1 Å². The smallest absolute Gasteiger partial charge is 0.344 e. The van der Waals surface area contributed by atoms with Crippen molar-refractivity contribution in [2.45, 2.75) is 87.5 Å². The fourth-order valence-corrected chi connectivity index (χ4v) is 13.4. The molecule has 5 aliphatic heterocycles. The number of carbonyl (C=O) groups excluding carboxylic acids is 3. The highest BCUT2D eigenvalue weighted by Crippen LogP contribution is 2.68. The molecular weight excluding hydrogens is 725 g/mol. The second-order valence-electron chi connectivity index (χ2n) is 17.8. The van der Waals surface area contributed by atoms with Crippen molar-refractivity contribution in [2.75, 3.05) is 66.0 Å². The molecule has 1 saturated carbocycles. The first kappa shape index (κ1) is 38.1. The Morgan fingerprint density at radius 3 is 2.49 bits per heavy atom. The number of carbonyl (C=O) groups is 3. The third kappa shape index (κ3) is 4.92. The number of hydrogen-bond donors (Lipinski definition) is 2. The Labute approximate surface area is 334 Å². The van der Waals surface area contributed by atoms with E-state index in [0.29, 0.717) is 49.6 Å². The molecule has 2 unspecified atom stereocenters. The van der Waals surface area contributed by atoms with Crippen LogP contribution in [-0.2, 0) is 45.8 Å². The number of aromatic nitrogens is 1. The van der Waals surface area contributed by atoms with E-state index in [-0.39, 0.29) is 17.9 Å². The van der Waals surface area contributed by atoms with Crippen molar-refractivity contribution in [3.05, 3.63) is 70.9 Å². The maximum Gasteiger partial charge on any atom is 0.344 e. The Balaban J connectivity index is 1.37. The number of ether oxygens (including phenoxy) is 4. The quantitative estimate of drug-likeness (QED) is 0.209. The summed E-state index contributed by atoms with van der Waals surface area (Å²) in [5.41, 5.74) is -0.0737. The maximum atomic E-state index is 15.2. The standard InChI is InChI=1S/C45H56N4O8/c1-8-42-15-11-17-49-19-16-43(37(42)49)31-21-32(35(54-5)22-34(31)47(4)38(43)45(53,41(52)56-7)39(42)57-27(3)50)44(40(51)55-6)23-28-20-26(2)24-48(25-28)18-14-30-29-12-9-10-13-33(29)46-36(30)44/h9-13,15,21-22,26,28,37-39,46,53H,8,14,16-20,23-25H2,1-7H3/t26?,28-,37+,38-,39+,42-,43-,44+,45-/m0/s1. The zero-order valence-corrected chi connectivity index (χ0v) is 34.2. The third-order valence-electron chi connectivity index (χ3n) is 15.1. The van der Waals surface area contributed by atoms with Gasteiger partial charge < -0.3 is 38.8 Å². The van der Waals surface area contributed by atoms with Gasteiger partial charge in [0.1, 0.15) is 11.2 Å². The van der Waals surface area contributed by atoms with Crippen molar-refractivity contribution >= 4 is 34.5 Å². The lowest BCUT2D eigenvalue weighted by Crippen LogP contribution is -2.81. The van der Waals surface area contributed by atoms with E-state index in [0.717, 1.165) is 65.9 Å². The summed E-state index contributed by atoms with van der Waals surface area (Å²) < 4.78 is 24.0. The molecular formula is C45H56N4O8. The fourth-order valence-electron chi connectivity index (χ4n) is 13.4. The molecule has 6 heterocycles. The largest absolute Gasteiger partial charge is 0.496 e. The minimum atomic E-state index is -2.27. The lowest BCUT2D eigenvalue weighted by molar-refractivity contribution is -0.228. The van der Waals surface area contributed by atoms with E-state index < -0.39 is 45.9 Å². The number of esters is 3. The molecule has 10 atom stereocenters. The fraction of sp³-hybridized carbons (Fsp3) is 0.578. The topological polar surface area (TPSA) is 134 Å². The number of aliphatic hydroxyl groups is 1. The number of hydrogen-bond acceptors (Lipinski definition) is 11. The number of para-hydroxylation sites is 1. The van der Waals surface area contributed by atoms with Gasteiger partial charge in [0.05, 0.1) is 27.4 Å². The summed E-state index contributed by atoms with van der Waals surface area (Å²) in [6.45, 7) is 9.78. The number of piperidine rings is 1. The van der Waals surface area contributed by atoms with E-state index in [1.54, 1.807) is 7.11 Å².